The van der Waals surface area contributed by atoms with Gasteiger partial charge >= 0.3 is 0 Å². The lowest BCUT2D eigenvalue weighted by molar-refractivity contribution is 0.230. The first-order chi connectivity index (χ1) is 8.63. The Balaban J connectivity index is 2.80. The quantitative estimate of drug-likeness (QED) is 0.802. The third-order valence-electron chi connectivity index (χ3n) is 3.56. The van der Waals surface area contributed by atoms with E-state index in [4.69, 9.17) is 0 Å². The maximum Gasteiger partial charge on any atom is 0.127 e. The Labute approximate surface area is 110 Å². The fourth-order valence-electron chi connectivity index (χ4n) is 2.47. The molecule has 0 bridgehead atoms. The molecule has 102 valence electrons. The third kappa shape index (κ3) is 3.79. The number of nitrogens with zero attached hydrogens (tertiary/aromatic N) is 1. The molecular weight excluding hydrogens is 227 g/mol. The van der Waals surface area contributed by atoms with Gasteiger partial charge in [-0.15, -0.1) is 0 Å². The predicted octanol–water partition coefficient (Wildman–Crippen LogP) is 3.06. The number of nitrogens with one attached hydrogen (secondary N) is 1. The molecule has 0 saturated heterocycles. The smallest absolute Gasteiger partial charge is 0.127 e. The molecule has 0 spiro atoms. The molecule has 0 heterocycles. The Hall–Kier alpha value is -0.930. The molecule has 2 nitrogen and oxygen atoms in total. The summed E-state index contributed by atoms with van der Waals surface area (Å²) in [5.41, 5.74) is 0.764. The Morgan fingerprint density at radius 1 is 1.22 bits per heavy atom. The van der Waals surface area contributed by atoms with Gasteiger partial charge in [0.25, 0.3) is 0 Å². The first-order valence-corrected chi connectivity index (χ1v) is 6.78. The fraction of sp³-hybridized carbons (Fsp3) is 0.600. The van der Waals surface area contributed by atoms with Crippen molar-refractivity contribution < 1.29 is 4.39 Å². The van der Waals surface area contributed by atoms with Gasteiger partial charge < -0.3 is 10.2 Å². The van der Waals surface area contributed by atoms with Crippen molar-refractivity contribution in [1.82, 2.24) is 10.2 Å². The van der Waals surface area contributed by atoms with E-state index in [9.17, 15) is 4.39 Å². The number of rotatable bonds is 7. The molecule has 0 aliphatic carbocycles. The minimum atomic E-state index is -0.122. The van der Waals surface area contributed by atoms with Crippen LogP contribution in [0.5, 0.6) is 0 Å². The van der Waals surface area contributed by atoms with Gasteiger partial charge in [0.2, 0.25) is 0 Å². The van der Waals surface area contributed by atoms with Crippen LogP contribution in [0.4, 0.5) is 4.39 Å². The van der Waals surface area contributed by atoms with Crippen molar-refractivity contribution in [2.75, 3.05) is 26.7 Å². The van der Waals surface area contributed by atoms with Gasteiger partial charge in [-0.25, -0.2) is 4.39 Å². The summed E-state index contributed by atoms with van der Waals surface area (Å²) >= 11 is 0. The summed E-state index contributed by atoms with van der Waals surface area (Å²) in [6.07, 6.45) is 0. The van der Waals surface area contributed by atoms with Gasteiger partial charge in [-0.05, 0) is 32.1 Å². The molecule has 0 aliphatic heterocycles. The van der Waals surface area contributed by atoms with Crippen molar-refractivity contribution in [2.45, 2.75) is 26.8 Å². The molecule has 2 atom stereocenters. The highest BCUT2D eigenvalue weighted by Gasteiger charge is 2.21. The van der Waals surface area contributed by atoms with Crippen molar-refractivity contribution >= 4 is 0 Å². The zero-order valence-electron chi connectivity index (χ0n) is 11.9. The van der Waals surface area contributed by atoms with Gasteiger partial charge in [-0.2, -0.15) is 0 Å². The van der Waals surface area contributed by atoms with Gasteiger partial charge in [0, 0.05) is 18.2 Å². The van der Waals surface area contributed by atoms with Gasteiger partial charge in [0.1, 0.15) is 5.82 Å². The molecule has 0 aromatic heterocycles. The monoisotopic (exact) mass is 252 g/mol. The Morgan fingerprint density at radius 2 is 1.83 bits per heavy atom. The summed E-state index contributed by atoms with van der Waals surface area (Å²) in [7, 11) is 1.90. The van der Waals surface area contributed by atoms with Crippen LogP contribution < -0.4 is 5.32 Å². The number of hydrogen-bond acceptors (Lipinski definition) is 2. The molecule has 0 fully saturated rings. The lowest BCUT2D eigenvalue weighted by atomic mass is 9.93. The molecule has 1 rings (SSSR count). The van der Waals surface area contributed by atoms with Crippen LogP contribution in [0.1, 0.15) is 32.4 Å². The lowest BCUT2D eigenvalue weighted by Gasteiger charge is -2.29. The Kier molecular flexibility index (Phi) is 6.30. The average molecular weight is 252 g/mol. The van der Waals surface area contributed by atoms with Crippen LogP contribution in [-0.2, 0) is 0 Å². The van der Waals surface area contributed by atoms with Gasteiger partial charge in [0.05, 0.1) is 0 Å². The maximum absolute atomic E-state index is 13.8. The molecular formula is C15H25FN2. The second-order valence-electron chi connectivity index (χ2n) is 4.75. The van der Waals surface area contributed by atoms with E-state index < -0.39 is 0 Å². The van der Waals surface area contributed by atoms with Crippen LogP contribution in [-0.4, -0.2) is 31.6 Å². The first-order valence-electron chi connectivity index (χ1n) is 6.78. The summed E-state index contributed by atoms with van der Waals surface area (Å²) in [6.45, 7) is 9.54. The summed E-state index contributed by atoms with van der Waals surface area (Å²) in [4.78, 5) is 2.37. The Morgan fingerprint density at radius 3 is 2.33 bits per heavy atom. The molecule has 1 aromatic rings. The van der Waals surface area contributed by atoms with E-state index in [1.54, 1.807) is 6.07 Å². The molecule has 18 heavy (non-hydrogen) atoms. The minimum absolute atomic E-state index is 0.0619. The molecule has 0 amide bonds. The van der Waals surface area contributed by atoms with Crippen molar-refractivity contribution in [3.63, 3.8) is 0 Å². The van der Waals surface area contributed by atoms with Crippen LogP contribution in [0.2, 0.25) is 0 Å². The fourth-order valence-corrected chi connectivity index (χ4v) is 2.47. The minimum Gasteiger partial charge on any atom is -0.313 e. The average Bonchev–Trinajstić information content (AvgIpc) is 2.39. The summed E-state index contributed by atoms with van der Waals surface area (Å²) < 4.78 is 13.8. The van der Waals surface area contributed by atoms with Crippen molar-refractivity contribution in [3.8, 4) is 0 Å². The van der Waals surface area contributed by atoms with Crippen LogP contribution in [0.25, 0.3) is 0 Å². The van der Waals surface area contributed by atoms with Crippen LogP contribution >= 0.6 is 0 Å². The van der Waals surface area contributed by atoms with E-state index in [0.717, 1.165) is 25.2 Å². The van der Waals surface area contributed by atoms with Gasteiger partial charge in [-0.1, -0.05) is 39.0 Å². The van der Waals surface area contributed by atoms with E-state index in [2.05, 4.69) is 31.0 Å². The van der Waals surface area contributed by atoms with Crippen LogP contribution in [0, 0.1) is 11.7 Å². The van der Waals surface area contributed by atoms with Crippen molar-refractivity contribution in [2.24, 2.45) is 5.92 Å². The number of benzene rings is 1. The molecule has 3 heteroatoms. The summed E-state index contributed by atoms with van der Waals surface area (Å²) in [5.74, 6) is 0.245. The first kappa shape index (κ1) is 15.1. The zero-order chi connectivity index (χ0) is 13.5. The van der Waals surface area contributed by atoms with E-state index in [1.165, 1.54) is 6.07 Å². The van der Waals surface area contributed by atoms with Crippen LogP contribution in [0.3, 0.4) is 0 Å². The SMILES string of the molecule is CCN(CC)CC(C)C(NC)c1ccccc1F. The highest BCUT2D eigenvalue weighted by molar-refractivity contribution is 5.21. The predicted molar refractivity (Wildman–Crippen MR) is 75.2 cm³/mol. The van der Waals surface area contributed by atoms with E-state index >= 15 is 0 Å². The molecule has 1 aromatic carbocycles. The number of halogens is 1. The number of hydrogen-bond donors (Lipinski definition) is 1. The van der Waals surface area contributed by atoms with Crippen molar-refractivity contribution in [3.05, 3.63) is 35.6 Å². The molecule has 0 aliphatic rings. The second kappa shape index (κ2) is 7.49. The Bertz CT molecular complexity index is 350. The molecule has 2 unspecified atom stereocenters. The third-order valence-corrected chi connectivity index (χ3v) is 3.56. The van der Waals surface area contributed by atoms with E-state index in [1.807, 2.05) is 19.2 Å². The van der Waals surface area contributed by atoms with Crippen LogP contribution in [0.15, 0.2) is 24.3 Å². The summed E-state index contributed by atoms with van der Waals surface area (Å²) in [5, 5.41) is 3.25. The van der Waals surface area contributed by atoms with E-state index in [-0.39, 0.29) is 11.9 Å². The molecule has 1 N–H and O–H groups in total. The van der Waals surface area contributed by atoms with Gasteiger partial charge in [-0.3, -0.25) is 0 Å². The highest BCUT2D eigenvalue weighted by atomic mass is 19.1. The van der Waals surface area contributed by atoms with Crippen molar-refractivity contribution in [1.29, 1.82) is 0 Å². The maximum atomic E-state index is 13.8. The van der Waals surface area contributed by atoms with Gasteiger partial charge in [0.15, 0.2) is 0 Å². The largest absolute Gasteiger partial charge is 0.313 e. The molecule has 0 saturated carbocycles. The molecule has 0 radical (unpaired) electrons. The highest BCUT2D eigenvalue weighted by Crippen LogP contribution is 2.24. The summed E-state index contributed by atoms with van der Waals surface area (Å²) in [6, 6.07) is 7.10. The van der Waals surface area contributed by atoms with E-state index in [0.29, 0.717) is 5.92 Å². The normalized spacial score (nSPS) is 14.8. The standard InChI is InChI=1S/C15H25FN2/c1-5-18(6-2)11-12(3)15(17-4)13-9-7-8-10-14(13)16/h7-10,12,15,17H,5-6,11H2,1-4H3. The second-order valence-corrected chi connectivity index (χ2v) is 4.75. The lowest BCUT2D eigenvalue weighted by Crippen LogP contribution is -2.35. The topological polar surface area (TPSA) is 15.3 Å². The zero-order valence-corrected chi connectivity index (χ0v) is 11.9.